The Balaban J connectivity index is 1.79. The summed E-state index contributed by atoms with van der Waals surface area (Å²) in [7, 11) is 1.95. The topological polar surface area (TPSA) is 70.6 Å². The van der Waals surface area contributed by atoms with Gasteiger partial charge in [-0.25, -0.2) is 0 Å². The average Bonchev–Trinajstić information content (AvgIpc) is 3.22. The Bertz CT molecular complexity index is 757. The molecule has 24 heavy (non-hydrogen) atoms. The van der Waals surface area contributed by atoms with Gasteiger partial charge >= 0.3 is 0 Å². The first-order valence-corrected chi connectivity index (χ1v) is 8.67. The Morgan fingerprint density at radius 2 is 2.12 bits per heavy atom. The second-order valence-electron chi connectivity index (χ2n) is 6.47. The van der Waals surface area contributed by atoms with Gasteiger partial charge in [0.2, 0.25) is 0 Å². The van der Waals surface area contributed by atoms with Crippen LogP contribution < -0.4 is 4.90 Å². The van der Waals surface area contributed by atoms with Gasteiger partial charge in [0.25, 0.3) is 0 Å². The number of aryl methyl sites for hydroxylation is 2. The Labute approximate surface area is 143 Å². The molecule has 1 fully saturated rings. The molecular formula is C18H24N6. The molecule has 3 rings (SSSR count). The normalized spacial score (nSPS) is 17.2. The van der Waals surface area contributed by atoms with Crippen LogP contribution in [0.3, 0.4) is 0 Å². The van der Waals surface area contributed by atoms with Crippen molar-refractivity contribution in [1.82, 2.24) is 20.0 Å². The first-order chi connectivity index (χ1) is 11.7. The predicted molar refractivity (Wildman–Crippen MR) is 92.7 cm³/mol. The predicted octanol–water partition coefficient (Wildman–Crippen LogP) is 2.28. The van der Waals surface area contributed by atoms with Gasteiger partial charge in [-0.2, -0.15) is 15.5 Å². The van der Waals surface area contributed by atoms with E-state index >= 15 is 0 Å². The van der Waals surface area contributed by atoms with Crippen LogP contribution in [-0.4, -0.2) is 33.1 Å². The van der Waals surface area contributed by atoms with Crippen molar-refractivity contribution in [3.63, 3.8) is 0 Å². The second kappa shape index (κ2) is 7.00. The van der Waals surface area contributed by atoms with E-state index in [0.29, 0.717) is 11.5 Å². The molecule has 6 heteroatoms. The fourth-order valence-electron chi connectivity index (χ4n) is 3.60. The molecule has 1 saturated heterocycles. The summed E-state index contributed by atoms with van der Waals surface area (Å²) in [4.78, 5) is 2.23. The average molecular weight is 324 g/mol. The molecule has 1 aliphatic heterocycles. The van der Waals surface area contributed by atoms with E-state index in [0.717, 1.165) is 55.8 Å². The molecule has 0 aliphatic carbocycles. The fourth-order valence-corrected chi connectivity index (χ4v) is 3.60. The highest BCUT2D eigenvalue weighted by atomic mass is 15.3. The van der Waals surface area contributed by atoms with Crippen molar-refractivity contribution in [2.75, 3.05) is 18.0 Å². The summed E-state index contributed by atoms with van der Waals surface area (Å²) in [6, 6.07) is 2.38. The van der Waals surface area contributed by atoms with Gasteiger partial charge in [-0.15, -0.1) is 5.10 Å². The summed E-state index contributed by atoms with van der Waals surface area (Å²) in [5.41, 5.74) is 3.99. The van der Waals surface area contributed by atoms with Crippen molar-refractivity contribution in [2.45, 2.75) is 39.5 Å². The first-order valence-electron chi connectivity index (χ1n) is 8.67. The lowest BCUT2D eigenvalue weighted by molar-refractivity contribution is 0.585. The third kappa shape index (κ3) is 3.12. The number of rotatable bonds is 5. The molecule has 3 heterocycles. The van der Waals surface area contributed by atoms with Crippen LogP contribution in [0.1, 0.15) is 42.7 Å². The van der Waals surface area contributed by atoms with Gasteiger partial charge in [-0.1, -0.05) is 13.8 Å². The summed E-state index contributed by atoms with van der Waals surface area (Å²) in [5, 5.41) is 22.7. The van der Waals surface area contributed by atoms with Crippen LogP contribution in [0.2, 0.25) is 0 Å². The zero-order chi connectivity index (χ0) is 17.1. The number of aromatic nitrogens is 4. The lowest BCUT2D eigenvalue weighted by Gasteiger charge is -2.20. The van der Waals surface area contributed by atoms with Gasteiger partial charge in [0, 0.05) is 26.3 Å². The van der Waals surface area contributed by atoms with E-state index < -0.39 is 0 Å². The molecule has 126 valence electrons. The van der Waals surface area contributed by atoms with Crippen molar-refractivity contribution in [3.8, 4) is 6.07 Å². The quantitative estimate of drug-likeness (QED) is 0.844. The lowest BCUT2D eigenvalue weighted by Crippen LogP contribution is -2.24. The number of nitrogens with zero attached hydrogens (tertiary/aromatic N) is 6. The van der Waals surface area contributed by atoms with Gasteiger partial charge in [-0.05, 0) is 42.7 Å². The molecule has 1 aliphatic rings. The molecule has 1 unspecified atom stereocenters. The van der Waals surface area contributed by atoms with Gasteiger partial charge < -0.3 is 4.90 Å². The fraction of sp³-hybridized carbons (Fsp3) is 0.556. The third-order valence-corrected chi connectivity index (χ3v) is 4.81. The molecule has 0 saturated carbocycles. The lowest BCUT2D eigenvalue weighted by atomic mass is 10.0. The molecule has 0 amide bonds. The molecule has 2 aromatic heterocycles. The van der Waals surface area contributed by atoms with Gasteiger partial charge in [0.1, 0.15) is 11.6 Å². The largest absolute Gasteiger partial charge is 0.354 e. The maximum absolute atomic E-state index is 9.66. The van der Waals surface area contributed by atoms with Crippen LogP contribution in [0.15, 0.2) is 12.4 Å². The maximum Gasteiger partial charge on any atom is 0.169 e. The zero-order valence-corrected chi connectivity index (χ0v) is 14.7. The van der Waals surface area contributed by atoms with Crippen LogP contribution in [0.25, 0.3) is 0 Å². The minimum Gasteiger partial charge on any atom is -0.354 e. The van der Waals surface area contributed by atoms with Crippen LogP contribution >= 0.6 is 0 Å². The summed E-state index contributed by atoms with van der Waals surface area (Å²) in [6.07, 6.45) is 7.78. The number of hydrogen-bond acceptors (Lipinski definition) is 5. The molecule has 2 aromatic rings. The van der Waals surface area contributed by atoms with Crippen molar-refractivity contribution in [2.24, 2.45) is 13.0 Å². The Morgan fingerprint density at radius 1 is 1.29 bits per heavy atom. The van der Waals surface area contributed by atoms with Gasteiger partial charge in [0.15, 0.2) is 5.82 Å². The maximum atomic E-state index is 9.66. The molecule has 1 atom stereocenters. The highest BCUT2D eigenvalue weighted by molar-refractivity contribution is 5.58. The summed E-state index contributed by atoms with van der Waals surface area (Å²) in [5.74, 6) is 1.33. The van der Waals surface area contributed by atoms with E-state index in [1.165, 1.54) is 5.56 Å². The Hall–Kier alpha value is -2.42. The monoisotopic (exact) mass is 324 g/mol. The van der Waals surface area contributed by atoms with E-state index in [2.05, 4.69) is 46.3 Å². The smallest absolute Gasteiger partial charge is 0.169 e. The van der Waals surface area contributed by atoms with E-state index in [9.17, 15) is 5.26 Å². The molecule has 0 aromatic carbocycles. The first kappa shape index (κ1) is 16.4. The SMILES string of the molecule is CCc1nnc(N2CCC(Cc3cnn(C)c3)C2)c(C#N)c1CC. The van der Waals surface area contributed by atoms with Crippen molar-refractivity contribution < 1.29 is 0 Å². The standard InChI is InChI=1S/C18H24N6/c1-4-15-16(9-19)18(22-21-17(15)5-2)24-7-6-13(12-24)8-14-10-20-23(3)11-14/h10-11,13H,4-8,12H2,1-3H3. The number of hydrogen-bond donors (Lipinski definition) is 0. The van der Waals surface area contributed by atoms with Crippen LogP contribution in [0, 0.1) is 17.2 Å². The highest BCUT2D eigenvalue weighted by Crippen LogP contribution is 2.29. The van der Waals surface area contributed by atoms with Crippen molar-refractivity contribution in [3.05, 3.63) is 34.8 Å². The second-order valence-corrected chi connectivity index (χ2v) is 6.47. The Morgan fingerprint density at radius 3 is 2.75 bits per heavy atom. The molecular weight excluding hydrogens is 300 g/mol. The van der Waals surface area contributed by atoms with E-state index in [4.69, 9.17) is 0 Å². The minimum atomic E-state index is 0.568. The summed E-state index contributed by atoms with van der Waals surface area (Å²) in [6.45, 7) is 6.00. The van der Waals surface area contributed by atoms with E-state index in [1.807, 2.05) is 17.9 Å². The van der Waals surface area contributed by atoms with E-state index in [1.54, 1.807) is 0 Å². The number of anilines is 1. The molecule has 6 nitrogen and oxygen atoms in total. The van der Waals surface area contributed by atoms with Crippen LogP contribution in [-0.2, 0) is 26.3 Å². The van der Waals surface area contributed by atoms with Gasteiger partial charge in [-0.3, -0.25) is 4.68 Å². The molecule has 0 spiro atoms. The zero-order valence-electron chi connectivity index (χ0n) is 14.7. The van der Waals surface area contributed by atoms with Crippen molar-refractivity contribution >= 4 is 5.82 Å². The van der Waals surface area contributed by atoms with E-state index in [-0.39, 0.29) is 0 Å². The minimum absolute atomic E-state index is 0.568. The third-order valence-electron chi connectivity index (χ3n) is 4.81. The molecule has 0 N–H and O–H groups in total. The van der Waals surface area contributed by atoms with Crippen LogP contribution in [0.5, 0.6) is 0 Å². The number of nitriles is 1. The van der Waals surface area contributed by atoms with Gasteiger partial charge in [0.05, 0.1) is 11.9 Å². The van der Waals surface area contributed by atoms with Crippen molar-refractivity contribution in [1.29, 1.82) is 5.26 Å². The van der Waals surface area contributed by atoms with Crippen LogP contribution in [0.4, 0.5) is 5.82 Å². The highest BCUT2D eigenvalue weighted by Gasteiger charge is 2.27. The molecule has 0 bridgehead atoms. The Kier molecular flexibility index (Phi) is 4.79. The summed E-state index contributed by atoms with van der Waals surface area (Å²) < 4.78 is 1.85. The summed E-state index contributed by atoms with van der Waals surface area (Å²) >= 11 is 0. The molecule has 0 radical (unpaired) electrons.